The lowest BCUT2D eigenvalue weighted by Crippen LogP contribution is -2.17. The average Bonchev–Trinajstić information content (AvgIpc) is 2.77. The van der Waals surface area contributed by atoms with Gasteiger partial charge in [0.05, 0.1) is 23.4 Å². The molecule has 0 heterocycles. The molecule has 31 heavy (non-hydrogen) atoms. The third kappa shape index (κ3) is 5.75. The van der Waals surface area contributed by atoms with E-state index in [4.69, 9.17) is 32.1 Å². The quantitative estimate of drug-likeness (QED) is 0.305. The molecule has 1 N–H and O–H groups in total. The Labute approximate surface area is 189 Å². The number of hydrogen-bond acceptors (Lipinski definition) is 6. The number of amides is 1. The molecule has 0 bridgehead atoms. The Morgan fingerprint density at radius 3 is 2.39 bits per heavy atom. The van der Waals surface area contributed by atoms with Crippen molar-refractivity contribution in [3.8, 4) is 11.5 Å². The third-order valence-corrected chi connectivity index (χ3v) is 5.97. The summed E-state index contributed by atoms with van der Waals surface area (Å²) in [6.07, 6.45) is 1.37. The summed E-state index contributed by atoms with van der Waals surface area (Å²) in [4.78, 5) is 12.2. The fourth-order valence-electron chi connectivity index (χ4n) is 2.45. The van der Waals surface area contributed by atoms with Crippen LogP contribution in [0.25, 0.3) is 0 Å². The average molecular weight is 479 g/mol. The Kier molecular flexibility index (Phi) is 7.17. The second kappa shape index (κ2) is 9.82. The molecule has 0 aliphatic carbocycles. The van der Waals surface area contributed by atoms with Crippen molar-refractivity contribution < 1.29 is 22.1 Å². The van der Waals surface area contributed by atoms with Crippen LogP contribution in [-0.4, -0.2) is 27.6 Å². The van der Waals surface area contributed by atoms with Crippen LogP contribution in [0, 0.1) is 0 Å². The molecule has 0 atom stereocenters. The van der Waals surface area contributed by atoms with Gasteiger partial charge in [-0.1, -0.05) is 41.4 Å². The SMILES string of the molecule is COc1cc(C=NNC(=O)c2ccc(Cl)c(Cl)c2)ccc1OS(=O)(=O)c1ccccc1. The number of carbonyl (C=O) groups is 1. The normalized spacial score (nSPS) is 11.3. The van der Waals surface area contributed by atoms with Gasteiger partial charge in [-0.05, 0) is 54.1 Å². The highest BCUT2D eigenvalue weighted by atomic mass is 35.5. The van der Waals surface area contributed by atoms with E-state index in [-0.39, 0.29) is 21.4 Å². The minimum atomic E-state index is -4.02. The van der Waals surface area contributed by atoms with Crippen LogP contribution < -0.4 is 14.3 Å². The van der Waals surface area contributed by atoms with Gasteiger partial charge in [-0.25, -0.2) is 5.43 Å². The lowest BCUT2D eigenvalue weighted by atomic mass is 10.2. The summed E-state index contributed by atoms with van der Waals surface area (Å²) in [6, 6.07) is 16.7. The van der Waals surface area contributed by atoms with Crippen molar-refractivity contribution in [1.82, 2.24) is 5.43 Å². The van der Waals surface area contributed by atoms with Crippen LogP contribution in [0.1, 0.15) is 15.9 Å². The van der Waals surface area contributed by atoms with E-state index in [0.717, 1.165) is 0 Å². The molecule has 0 radical (unpaired) electrons. The van der Waals surface area contributed by atoms with Crippen molar-refractivity contribution in [2.75, 3.05) is 7.11 Å². The number of hydrazone groups is 1. The number of hydrogen-bond donors (Lipinski definition) is 1. The van der Waals surface area contributed by atoms with E-state index < -0.39 is 16.0 Å². The molecule has 0 fully saturated rings. The standard InChI is InChI=1S/C21H16Cl2N2O5S/c1-29-20-11-14(13-24-25-21(26)15-8-9-17(22)18(23)12-15)7-10-19(20)30-31(27,28)16-5-3-2-4-6-16/h2-13H,1H3,(H,25,26). The number of carbonyl (C=O) groups excluding carboxylic acids is 1. The van der Waals surface area contributed by atoms with E-state index in [9.17, 15) is 13.2 Å². The molecule has 0 saturated carbocycles. The maximum absolute atomic E-state index is 12.4. The largest absolute Gasteiger partial charge is 0.493 e. The zero-order chi connectivity index (χ0) is 22.4. The van der Waals surface area contributed by atoms with E-state index in [2.05, 4.69) is 10.5 Å². The lowest BCUT2D eigenvalue weighted by molar-refractivity contribution is 0.0955. The first-order valence-electron chi connectivity index (χ1n) is 8.76. The molecule has 0 unspecified atom stereocenters. The fraction of sp³-hybridized carbons (Fsp3) is 0.0476. The van der Waals surface area contributed by atoms with Crippen LogP contribution in [0.5, 0.6) is 11.5 Å². The number of rotatable bonds is 7. The first-order chi connectivity index (χ1) is 14.8. The molecule has 3 aromatic carbocycles. The van der Waals surface area contributed by atoms with Crippen LogP contribution in [0.2, 0.25) is 10.0 Å². The first kappa shape index (κ1) is 22.6. The summed E-state index contributed by atoms with van der Waals surface area (Å²) in [5.41, 5.74) is 3.20. The van der Waals surface area contributed by atoms with E-state index in [1.54, 1.807) is 24.3 Å². The van der Waals surface area contributed by atoms with Crippen molar-refractivity contribution in [2.24, 2.45) is 5.10 Å². The smallest absolute Gasteiger partial charge is 0.339 e. The summed E-state index contributed by atoms with van der Waals surface area (Å²) >= 11 is 11.7. The molecule has 0 aliphatic rings. The molecule has 0 spiro atoms. The van der Waals surface area contributed by atoms with Crippen LogP contribution >= 0.6 is 23.2 Å². The number of nitrogens with zero attached hydrogens (tertiary/aromatic N) is 1. The molecule has 0 aliphatic heterocycles. The minimum absolute atomic E-state index is 0.0170. The Morgan fingerprint density at radius 2 is 1.71 bits per heavy atom. The monoisotopic (exact) mass is 478 g/mol. The van der Waals surface area contributed by atoms with E-state index in [1.807, 2.05) is 0 Å². The van der Waals surface area contributed by atoms with E-state index in [1.165, 1.54) is 55.8 Å². The molecule has 7 nitrogen and oxygen atoms in total. The molecular weight excluding hydrogens is 463 g/mol. The van der Waals surface area contributed by atoms with Gasteiger partial charge in [-0.15, -0.1) is 0 Å². The van der Waals surface area contributed by atoms with Gasteiger partial charge in [0.2, 0.25) is 0 Å². The van der Waals surface area contributed by atoms with Gasteiger partial charge in [-0.3, -0.25) is 4.79 Å². The van der Waals surface area contributed by atoms with E-state index >= 15 is 0 Å². The molecule has 0 aromatic heterocycles. The van der Waals surface area contributed by atoms with Crippen molar-refractivity contribution in [2.45, 2.75) is 4.90 Å². The molecule has 10 heteroatoms. The Bertz CT molecular complexity index is 1230. The van der Waals surface area contributed by atoms with Crippen LogP contribution in [0.4, 0.5) is 0 Å². The maximum atomic E-state index is 12.4. The number of halogens is 2. The van der Waals surface area contributed by atoms with Crippen molar-refractivity contribution in [3.05, 3.63) is 87.9 Å². The highest BCUT2D eigenvalue weighted by Crippen LogP contribution is 2.30. The highest BCUT2D eigenvalue weighted by molar-refractivity contribution is 7.87. The van der Waals surface area contributed by atoms with Crippen molar-refractivity contribution >= 4 is 45.4 Å². The minimum Gasteiger partial charge on any atom is -0.493 e. The van der Waals surface area contributed by atoms with Crippen LogP contribution in [0.15, 0.2) is 76.7 Å². The predicted molar refractivity (Wildman–Crippen MR) is 119 cm³/mol. The van der Waals surface area contributed by atoms with Crippen LogP contribution in [0.3, 0.4) is 0 Å². The molecular formula is C21H16Cl2N2O5S. The Balaban J connectivity index is 1.72. The van der Waals surface area contributed by atoms with Gasteiger partial charge in [0.1, 0.15) is 4.90 Å². The summed E-state index contributed by atoms with van der Waals surface area (Å²) in [7, 11) is -2.64. The molecule has 1 amide bonds. The highest BCUT2D eigenvalue weighted by Gasteiger charge is 2.18. The molecule has 3 rings (SSSR count). The fourth-order valence-corrected chi connectivity index (χ4v) is 3.71. The second-order valence-corrected chi connectivity index (χ2v) is 8.45. The van der Waals surface area contributed by atoms with Crippen molar-refractivity contribution in [1.29, 1.82) is 0 Å². The van der Waals surface area contributed by atoms with Gasteiger partial charge < -0.3 is 8.92 Å². The number of ether oxygens (including phenoxy) is 1. The topological polar surface area (TPSA) is 94.1 Å². The number of benzene rings is 3. The lowest BCUT2D eigenvalue weighted by Gasteiger charge is -2.11. The van der Waals surface area contributed by atoms with Gasteiger partial charge in [0.15, 0.2) is 11.5 Å². The molecule has 160 valence electrons. The van der Waals surface area contributed by atoms with Gasteiger partial charge in [-0.2, -0.15) is 13.5 Å². The summed E-state index contributed by atoms with van der Waals surface area (Å²) in [5, 5.41) is 4.47. The van der Waals surface area contributed by atoms with Gasteiger partial charge >= 0.3 is 10.1 Å². The van der Waals surface area contributed by atoms with Gasteiger partial charge in [0.25, 0.3) is 5.91 Å². The summed E-state index contributed by atoms with van der Waals surface area (Å²) in [6.45, 7) is 0. The van der Waals surface area contributed by atoms with Crippen molar-refractivity contribution in [3.63, 3.8) is 0 Å². The van der Waals surface area contributed by atoms with Crippen LogP contribution in [-0.2, 0) is 10.1 Å². The maximum Gasteiger partial charge on any atom is 0.339 e. The Morgan fingerprint density at radius 1 is 0.968 bits per heavy atom. The first-order valence-corrected chi connectivity index (χ1v) is 10.9. The molecule has 0 saturated heterocycles. The zero-order valence-corrected chi connectivity index (χ0v) is 18.4. The van der Waals surface area contributed by atoms with E-state index in [0.29, 0.717) is 16.1 Å². The molecule has 3 aromatic rings. The summed E-state index contributed by atoms with van der Waals surface area (Å²) in [5.74, 6) is -0.279. The Hall–Kier alpha value is -3.07. The number of nitrogens with one attached hydrogen (secondary N) is 1. The summed E-state index contributed by atoms with van der Waals surface area (Å²) < 4.78 is 35.2. The third-order valence-electron chi connectivity index (χ3n) is 3.98. The van der Waals surface area contributed by atoms with Gasteiger partial charge in [0, 0.05) is 5.56 Å². The second-order valence-electron chi connectivity index (χ2n) is 6.09. The zero-order valence-electron chi connectivity index (χ0n) is 16.1. The predicted octanol–water partition coefficient (Wildman–Crippen LogP) is 4.53. The number of methoxy groups -OCH3 is 1.